The Bertz CT molecular complexity index is 235. The molecule has 1 heteroatoms. The van der Waals surface area contributed by atoms with Gasteiger partial charge in [-0.05, 0) is 25.0 Å². The average molecular weight is 175 g/mol. The molecule has 2 rings (SSSR count). The Morgan fingerprint density at radius 2 is 1.77 bits per heavy atom. The summed E-state index contributed by atoms with van der Waals surface area (Å²) in [5, 5.41) is 0. The third-order valence-electron chi connectivity index (χ3n) is 2.96. The fraction of sp³-hybridized carbons (Fsp3) is 0.583. The minimum absolute atomic E-state index is 0.740. The van der Waals surface area contributed by atoms with Gasteiger partial charge in [0.1, 0.15) is 0 Å². The van der Waals surface area contributed by atoms with Crippen molar-refractivity contribution in [2.45, 2.75) is 44.4 Å². The van der Waals surface area contributed by atoms with Crippen molar-refractivity contribution in [1.29, 1.82) is 0 Å². The van der Waals surface area contributed by atoms with Crippen molar-refractivity contribution < 1.29 is 0 Å². The summed E-state index contributed by atoms with van der Waals surface area (Å²) in [5.74, 6) is 0.740. The molecule has 0 radical (unpaired) electrons. The predicted molar refractivity (Wildman–Crippen MR) is 54.7 cm³/mol. The zero-order valence-corrected chi connectivity index (χ0v) is 8.08. The van der Waals surface area contributed by atoms with E-state index in [-0.39, 0.29) is 0 Å². The van der Waals surface area contributed by atoms with Crippen LogP contribution in [0.25, 0.3) is 0 Å². The van der Waals surface area contributed by atoms with E-state index in [0.29, 0.717) is 0 Å². The van der Waals surface area contributed by atoms with Crippen molar-refractivity contribution in [3.8, 4) is 0 Å². The van der Waals surface area contributed by atoms with E-state index in [1.807, 2.05) is 12.3 Å². The van der Waals surface area contributed by atoms with E-state index in [1.165, 1.54) is 44.2 Å². The second-order valence-electron chi connectivity index (χ2n) is 3.94. The Hall–Kier alpha value is -0.850. The molecule has 0 amide bonds. The number of hydrogen-bond donors (Lipinski definition) is 0. The lowest BCUT2D eigenvalue weighted by Crippen LogP contribution is -1.99. The van der Waals surface area contributed by atoms with Gasteiger partial charge in [-0.3, -0.25) is 4.98 Å². The lowest BCUT2D eigenvalue weighted by atomic mass is 9.96. The van der Waals surface area contributed by atoms with Crippen LogP contribution >= 0.6 is 0 Å². The van der Waals surface area contributed by atoms with E-state index in [4.69, 9.17) is 0 Å². The third kappa shape index (κ3) is 2.30. The van der Waals surface area contributed by atoms with Crippen LogP contribution in [-0.4, -0.2) is 4.98 Å². The molecule has 1 aromatic rings. The minimum Gasteiger partial charge on any atom is -0.261 e. The quantitative estimate of drug-likeness (QED) is 0.595. The van der Waals surface area contributed by atoms with Gasteiger partial charge in [0.2, 0.25) is 0 Å². The lowest BCUT2D eigenvalue weighted by molar-refractivity contribution is 0.578. The molecule has 0 aliphatic heterocycles. The molecule has 0 spiro atoms. The van der Waals surface area contributed by atoms with E-state index in [1.54, 1.807) is 0 Å². The summed E-state index contributed by atoms with van der Waals surface area (Å²) in [7, 11) is 0. The highest BCUT2D eigenvalue weighted by Crippen LogP contribution is 2.29. The first kappa shape index (κ1) is 8.74. The molecular formula is C12H17N. The minimum atomic E-state index is 0.740. The van der Waals surface area contributed by atoms with Gasteiger partial charge in [0.05, 0.1) is 0 Å². The first-order valence-electron chi connectivity index (χ1n) is 5.38. The van der Waals surface area contributed by atoms with Gasteiger partial charge in [-0.15, -0.1) is 0 Å². The molecular weight excluding hydrogens is 158 g/mol. The van der Waals surface area contributed by atoms with E-state index >= 15 is 0 Å². The smallest absolute Gasteiger partial charge is 0.0434 e. The van der Waals surface area contributed by atoms with Crippen LogP contribution in [0.2, 0.25) is 0 Å². The second-order valence-corrected chi connectivity index (χ2v) is 3.94. The van der Waals surface area contributed by atoms with Crippen LogP contribution in [0.5, 0.6) is 0 Å². The van der Waals surface area contributed by atoms with Crippen molar-refractivity contribution in [1.82, 2.24) is 4.98 Å². The highest BCUT2D eigenvalue weighted by atomic mass is 14.7. The second kappa shape index (κ2) is 4.40. The van der Waals surface area contributed by atoms with Gasteiger partial charge in [-0.2, -0.15) is 0 Å². The maximum atomic E-state index is 4.44. The zero-order valence-electron chi connectivity index (χ0n) is 8.08. The largest absolute Gasteiger partial charge is 0.261 e. The standard InChI is InChI=1S/C12H17N/c1-2-4-8-11(7-3-1)12-9-5-6-10-13-12/h5-6,9-11H,1-4,7-8H2. The van der Waals surface area contributed by atoms with Crippen LogP contribution in [0.15, 0.2) is 24.4 Å². The summed E-state index contributed by atoms with van der Waals surface area (Å²) in [6.45, 7) is 0. The highest BCUT2D eigenvalue weighted by Gasteiger charge is 2.14. The average Bonchev–Trinajstić information content (AvgIpc) is 2.47. The number of rotatable bonds is 1. The molecule has 1 aliphatic rings. The molecule has 1 nitrogen and oxygen atoms in total. The maximum absolute atomic E-state index is 4.44. The first-order valence-corrected chi connectivity index (χ1v) is 5.38. The Kier molecular flexibility index (Phi) is 2.96. The zero-order chi connectivity index (χ0) is 8.93. The van der Waals surface area contributed by atoms with Crippen molar-refractivity contribution in [2.75, 3.05) is 0 Å². The van der Waals surface area contributed by atoms with Crippen LogP contribution in [0.3, 0.4) is 0 Å². The third-order valence-corrected chi connectivity index (χ3v) is 2.96. The summed E-state index contributed by atoms with van der Waals surface area (Å²) in [6, 6.07) is 6.28. The maximum Gasteiger partial charge on any atom is 0.0434 e. The van der Waals surface area contributed by atoms with Crippen molar-refractivity contribution >= 4 is 0 Å². The lowest BCUT2D eigenvalue weighted by Gasteiger charge is -2.12. The van der Waals surface area contributed by atoms with Gasteiger partial charge in [0.15, 0.2) is 0 Å². The fourth-order valence-electron chi connectivity index (χ4n) is 2.19. The van der Waals surface area contributed by atoms with Gasteiger partial charge in [0, 0.05) is 17.8 Å². The van der Waals surface area contributed by atoms with Crippen molar-refractivity contribution in [3.05, 3.63) is 30.1 Å². The topological polar surface area (TPSA) is 12.9 Å². The summed E-state index contributed by atoms with van der Waals surface area (Å²) >= 11 is 0. The molecule has 70 valence electrons. The number of aromatic nitrogens is 1. The van der Waals surface area contributed by atoms with E-state index in [0.717, 1.165) is 5.92 Å². The van der Waals surface area contributed by atoms with Gasteiger partial charge in [-0.1, -0.05) is 31.7 Å². The Balaban J connectivity index is 2.06. The number of pyridine rings is 1. The van der Waals surface area contributed by atoms with Gasteiger partial charge < -0.3 is 0 Å². The van der Waals surface area contributed by atoms with E-state index in [9.17, 15) is 0 Å². The van der Waals surface area contributed by atoms with Crippen LogP contribution < -0.4 is 0 Å². The molecule has 0 unspecified atom stereocenters. The monoisotopic (exact) mass is 175 g/mol. The Labute approximate surface area is 80.2 Å². The van der Waals surface area contributed by atoms with Gasteiger partial charge in [0.25, 0.3) is 0 Å². The number of hydrogen-bond acceptors (Lipinski definition) is 1. The summed E-state index contributed by atoms with van der Waals surface area (Å²) < 4.78 is 0. The molecule has 1 saturated carbocycles. The molecule has 1 fully saturated rings. The molecule has 1 heterocycles. The normalized spacial score (nSPS) is 19.7. The van der Waals surface area contributed by atoms with Crippen LogP contribution in [-0.2, 0) is 0 Å². The van der Waals surface area contributed by atoms with E-state index in [2.05, 4.69) is 17.1 Å². The van der Waals surface area contributed by atoms with Crippen LogP contribution in [0.1, 0.15) is 50.1 Å². The van der Waals surface area contributed by atoms with Crippen molar-refractivity contribution in [3.63, 3.8) is 0 Å². The molecule has 1 aliphatic carbocycles. The summed E-state index contributed by atoms with van der Waals surface area (Å²) in [4.78, 5) is 4.44. The SMILES string of the molecule is c1ccc(C2CCCCCC2)nc1. The summed E-state index contributed by atoms with van der Waals surface area (Å²) in [6.07, 6.45) is 10.2. The summed E-state index contributed by atoms with van der Waals surface area (Å²) in [5.41, 5.74) is 1.31. The van der Waals surface area contributed by atoms with E-state index < -0.39 is 0 Å². The Morgan fingerprint density at radius 3 is 2.38 bits per heavy atom. The first-order chi connectivity index (χ1) is 6.47. The van der Waals surface area contributed by atoms with Crippen LogP contribution in [0.4, 0.5) is 0 Å². The predicted octanol–water partition coefficient (Wildman–Crippen LogP) is 3.52. The molecule has 0 N–H and O–H groups in total. The number of nitrogens with zero attached hydrogens (tertiary/aromatic N) is 1. The Morgan fingerprint density at radius 1 is 1.00 bits per heavy atom. The van der Waals surface area contributed by atoms with Crippen molar-refractivity contribution in [2.24, 2.45) is 0 Å². The van der Waals surface area contributed by atoms with Crippen LogP contribution in [0, 0.1) is 0 Å². The van der Waals surface area contributed by atoms with Gasteiger partial charge in [-0.25, -0.2) is 0 Å². The molecule has 0 bridgehead atoms. The highest BCUT2D eigenvalue weighted by molar-refractivity contribution is 5.09. The molecule has 13 heavy (non-hydrogen) atoms. The molecule has 1 aromatic heterocycles. The molecule has 0 saturated heterocycles. The molecule has 0 aromatic carbocycles. The fourth-order valence-corrected chi connectivity index (χ4v) is 2.19. The molecule has 0 atom stereocenters. The van der Waals surface area contributed by atoms with Gasteiger partial charge >= 0.3 is 0 Å².